The van der Waals surface area contributed by atoms with Crippen LogP contribution in [0.1, 0.15) is 5.56 Å². The van der Waals surface area contributed by atoms with Gasteiger partial charge in [0.15, 0.2) is 0 Å². The second-order valence-electron chi connectivity index (χ2n) is 4.51. The summed E-state index contributed by atoms with van der Waals surface area (Å²) < 4.78 is 43.2. The number of rotatable bonds is 2. The molecule has 0 saturated carbocycles. The smallest absolute Gasteiger partial charge is 0.334 e. The van der Waals surface area contributed by atoms with Crippen LogP contribution < -0.4 is 0 Å². The Hall–Kier alpha value is -2.34. The van der Waals surface area contributed by atoms with E-state index in [2.05, 4.69) is 10.1 Å². The molecule has 0 aliphatic carbocycles. The SMILES string of the molecule is FC(F)(F)c1cccc(-c2noc(-c3ccc(Cl)cc3)n2)c1. The van der Waals surface area contributed by atoms with E-state index >= 15 is 0 Å². The first-order valence-corrected chi connectivity index (χ1v) is 6.58. The average Bonchev–Trinajstić information content (AvgIpc) is 2.97. The highest BCUT2D eigenvalue weighted by Crippen LogP contribution is 2.32. The summed E-state index contributed by atoms with van der Waals surface area (Å²) in [6, 6.07) is 11.5. The summed E-state index contributed by atoms with van der Waals surface area (Å²) in [5.41, 5.74) is 0.108. The van der Waals surface area contributed by atoms with Crippen molar-refractivity contribution in [3.8, 4) is 22.8 Å². The molecule has 0 atom stereocenters. The summed E-state index contributed by atoms with van der Waals surface area (Å²) in [5, 5.41) is 4.28. The fourth-order valence-electron chi connectivity index (χ4n) is 1.89. The van der Waals surface area contributed by atoms with Crippen molar-refractivity contribution in [2.75, 3.05) is 0 Å². The molecule has 0 spiro atoms. The molecule has 3 rings (SSSR count). The highest BCUT2D eigenvalue weighted by atomic mass is 35.5. The van der Waals surface area contributed by atoms with E-state index in [1.54, 1.807) is 24.3 Å². The van der Waals surface area contributed by atoms with Gasteiger partial charge >= 0.3 is 6.18 Å². The van der Waals surface area contributed by atoms with Gasteiger partial charge in [-0.1, -0.05) is 28.9 Å². The molecule has 0 aliphatic heterocycles. The van der Waals surface area contributed by atoms with Gasteiger partial charge in [-0.25, -0.2) is 0 Å². The third-order valence-corrected chi connectivity index (χ3v) is 3.22. The molecular weight excluding hydrogens is 317 g/mol. The normalized spacial score (nSPS) is 11.6. The predicted octanol–water partition coefficient (Wildman–Crippen LogP) is 5.08. The molecule has 1 heterocycles. The first-order chi connectivity index (χ1) is 10.4. The van der Waals surface area contributed by atoms with Gasteiger partial charge in [0.05, 0.1) is 5.56 Å². The minimum absolute atomic E-state index is 0.0936. The lowest BCUT2D eigenvalue weighted by molar-refractivity contribution is -0.137. The number of alkyl halides is 3. The van der Waals surface area contributed by atoms with Gasteiger partial charge in [0.2, 0.25) is 5.82 Å². The lowest BCUT2D eigenvalue weighted by atomic mass is 10.1. The Morgan fingerprint density at radius 2 is 1.68 bits per heavy atom. The van der Waals surface area contributed by atoms with Crippen LogP contribution in [0.3, 0.4) is 0 Å². The molecule has 112 valence electrons. The van der Waals surface area contributed by atoms with Crippen LogP contribution in [-0.4, -0.2) is 10.1 Å². The van der Waals surface area contributed by atoms with Gasteiger partial charge in [0, 0.05) is 16.1 Å². The van der Waals surface area contributed by atoms with Gasteiger partial charge < -0.3 is 4.52 Å². The van der Waals surface area contributed by atoms with Gasteiger partial charge in [-0.05, 0) is 36.4 Å². The second-order valence-corrected chi connectivity index (χ2v) is 4.95. The Kier molecular flexibility index (Phi) is 3.62. The van der Waals surface area contributed by atoms with E-state index in [0.717, 1.165) is 12.1 Å². The minimum Gasteiger partial charge on any atom is -0.334 e. The van der Waals surface area contributed by atoms with E-state index in [-0.39, 0.29) is 17.3 Å². The van der Waals surface area contributed by atoms with Crippen molar-refractivity contribution in [2.45, 2.75) is 6.18 Å². The maximum absolute atomic E-state index is 12.7. The molecule has 3 nitrogen and oxygen atoms in total. The Morgan fingerprint density at radius 3 is 2.36 bits per heavy atom. The number of hydrogen-bond donors (Lipinski definition) is 0. The summed E-state index contributed by atoms with van der Waals surface area (Å²) in [6.07, 6.45) is -4.42. The van der Waals surface area contributed by atoms with E-state index in [9.17, 15) is 13.2 Å². The number of halogens is 4. The van der Waals surface area contributed by atoms with Crippen molar-refractivity contribution in [1.29, 1.82) is 0 Å². The number of benzene rings is 2. The average molecular weight is 325 g/mol. The van der Waals surface area contributed by atoms with Crippen molar-refractivity contribution >= 4 is 11.6 Å². The largest absolute Gasteiger partial charge is 0.416 e. The molecule has 3 aromatic rings. The molecule has 1 aromatic heterocycles. The molecule has 0 bridgehead atoms. The van der Waals surface area contributed by atoms with Crippen molar-refractivity contribution < 1.29 is 17.7 Å². The third kappa shape index (κ3) is 2.96. The zero-order valence-corrected chi connectivity index (χ0v) is 11.7. The number of aromatic nitrogens is 2. The lowest BCUT2D eigenvalue weighted by Gasteiger charge is -2.06. The number of nitrogens with zero attached hydrogens (tertiary/aromatic N) is 2. The molecule has 0 aliphatic rings. The first kappa shape index (κ1) is 14.6. The third-order valence-electron chi connectivity index (χ3n) is 2.97. The summed E-state index contributed by atoms with van der Waals surface area (Å²) in [7, 11) is 0. The van der Waals surface area contributed by atoms with Crippen LogP contribution in [0.4, 0.5) is 13.2 Å². The van der Waals surface area contributed by atoms with E-state index in [0.29, 0.717) is 10.6 Å². The zero-order valence-electron chi connectivity index (χ0n) is 10.9. The minimum atomic E-state index is -4.42. The van der Waals surface area contributed by atoms with E-state index < -0.39 is 11.7 Å². The van der Waals surface area contributed by atoms with Crippen molar-refractivity contribution in [2.24, 2.45) is 0 Å². The molecule has 0 radical (unpaired) electrons. The number of hydrogen-bond acceptors (Lipinski definition) is 3. The summed E-state index contributed by atoms with van der Waals surface area (Å²) in [6.45, 7) is 0. The van der Waals surface area contributed by atoms with Gasteiger partial charge in [0.1, 0.15) is 0 Å². The van der Waals surface area contributed by atoms with Crippen LogP contribution in [0.2, 0.25) is 5.02 Å². The maximum atomic E-state index is 12.7. The van der Waals surface area contributed by atoms with Crippen LogP contribution in [-0.2, 0) is 6.18 Å². The van der Waals surface area contributed by atoms with Crippen molar-refractivity contribution in [1.82, 2.24) is 10.1 Å². The van der Waals surface area contributed by atoms with Crippen LogP contribution in [0.5, 0.6) is 0 Å². The standard InChI is InChI=1S/C15H8ClF3N2O/c16-12-6-4-9(5-7-12)14-20-13(21-22-14)10-2-1-3-11(8-10)15(17,18)19/h1-8H. The molecule has 7 heteroatoms. The molecule has 0 unspecified atom stereocenters. The fourth-order valence-corrected chi connectivity index (χ4v) is 2.01. The molecule has 0 saturated heterocycles. The molecule has 0 amide bonds. The van der Waals surface area contributed by atoms with Crippen LogP contribution in [0.25, 0.3) is 22.8 Å². The predicted molar refractivity (Wildman–Crippen MR) is 75.2 cm³/mol. The molecule has 0 fully saturated rings. The van der Waals surface area contributed by atoms with Crippen molar-refractivity contribution in [3.63, 3.8) is 0 Å². The van der Waals surface area contributed by atoms with Crippen molar-refractivity contribution in [3.05, 3.63) is 59.1 Å². The lowest BCUT2D eigenvalue weighted by Crippen LogP contribution is -2.04. The Balaban J connectivity index is 1.96. The zero-order chi connectivity index (χ0) is 15.7. The quantitative estimate of drug-likeness (QED) is 0.660. The first-order valence-electron chi connectivity index (χ1n) is 6.21. The Bertz CT molecular complexity index is 797. The van der Waals surface area contributed by atoms with E-state index in [4.69, 9.17) is 16.1 Å². The Morgan fingerprint density at radius 1 is 0.955 bits per heavy atom. The van der Waals surface area contributed by atoms with Gasteiger partial charge in [-0.3, -0.25) is 0 Å². The van der Waals surface area contributed by atoms with E-state index in [1.807, 2.05) is 0 Å². The van der Waals surface area contributed by atoms with Gasteiger partial charge in [-0.15, -0.1) is 0 Å². The van der Waals surface area contributed by atoms with E-state index in [1.165, 1.54) is 12.1 Å². The Labute approximate surface area is 128 Å². The molecular formula is C15H8ClF3N2O. The maximum Gasteiger partial charge on any atom is 0.416 e. The second kappa shape index (κ2) is 5.46. The molecule has 2 aromatic carbocycles. The van der Waals surface area contributed by atoms with Crippen LogP contribution in [0, 0.1) is 0 Å². The highest BCUT2D eigenvalue weighted by Gasteiger charge is 2.30. The summed E-state index contributed by atoms with van der Waals surface area (Å²) in [5.74, 6) is 0.306. The summed E-state index contributed by atoms with van der Waals surface area (Å²) in [4.78, 5) is 4.12. The monoisotopic (exact) mass is 324 g/mol. The van der Waals surface area contributed by atoms with Gasteiger partial charge in [-0.2, -0.15) is 18.2 Å². The van der Waals surface area contributed by atoms with Crippen LogP contribution in [0.15, 0.2) is 53.1 Å². The highest BCUT2D eigenvalue weighted by molar-refractivity contribution is 6.30. The topological polar surface area (TPSA) is 38.9 Å². The molecule has 0 N–H and O–H groups in total. The molecule has 22 heavy (non-hydrogen) atoms. The van der Waals surface area contributed by atoms with Gasteiger partial charge in [0.25, 0.3) is 5.89 Å². The van der Waals surface area contributed by atoms with Crippen LogP contribution >= 0.6 is 11.6 Å². The summed E-state index contributed by atoms with van der Waals surface area (Å²) >= 11 is 5.79. The fraction of sp³-hybridized carbons (Fsp3) is 0.0667.